The zero-order valence-electron chi connectivity index (χ0n) is 15.8. The molecule has 2 atom stereocenters. The van der Waals surface area contributed by atoms with Crippen molar-refractivity contribution < 1.29 is 19.7 Å². The van der Waals surface area contributed by atoms with Crippen LogP contribution in [0.15, 0.2) is 12.1 Å². The molecule has 26 heavy (non-hydrogen) atoms. The van der Waals surface area contributed by atoms with Crippen LogP contribution < -0.4 is 4.74 Å². The molecule has 0 aromatic heterocycles. The Bertz CT molecular complexity index is 729. The summed E-state index contributed by atoms with van der Waals surface area (Å²) in [5, 5.41) is 22.2. The summed E-state index contributed by atoms with van der Waals surface area (Å²) < 4.78 is 5.55. The topological polar surface area (TPSA) is 70.0 Å². The molecule has 2 aliphatic carbocycles. The number of aliphatic hydroxyl groups is 1. The van der Waals surface area contributed by atoms with E-state index in [-0.39, 0.29) is 11.5 Å². The molecule has 1 saturated heterocycles. The number of aryl methyl sites for hydroxylation is 1. The minimum Gasteiger partial charge on any atom is -0.504 e. The van der Waals surface area contributed by atoms with Gasteiger partial charge in [0.25, 0.3) is 0 Å². The Kier molecular flexibility index (Phi) is 4.27. The molecule has 0 bridgehead atoms. The molecule has 1 heterocycles. The number of piperidine rings is 1. The molecule has 5 heteroatoms. The number of hydrogen-bond acceptors (Lipinski definition) is 5. The van der Waals surface area contributed by atoms with Gasteiger partial charge in [-0.1, -0.05) is 6.07 Å². The monoisotopic (exact) mass is 359 g/mol. The molecule has 0 amide bonds. The Hall–Kier alpha value is -1.59. The lowest BCUT2D eigenvalue weighted by Gasteiger charge is -2.56. The van der Waals surface area contributed by atoms with Crippen molar-refractivity contribution in [1.82, 2.24) is 4.90 Å². The van der Waals surface area contributed by atoms with Gasteiger partial charge in [0.1, 0.15) is 5.78 Å². The Labute approximate surface area is 155 Å². The molecular formula is C21H29NO4. The average molecular weight is 359 g/mol. The maximum atomic E-state index is 12.5. The number of likely N-dealkylation sites (tertiary alicyclic amines) is 1. The molecule has 5 nitrogen and oxygen atoms in total. The summed E-state index contributed by atoms with van der Waals surface area (Å²) in [6.07, 6.45) is 4.51. The van der Waals surface area contributed by atoms with Crippen LogP contribution in [0, 0.1) is 12.8 Å². The number of hydrogen-bond donors (Lipinski definition) is 2. The largest absolute Gasteiger partial charge is 0.504 e. The number of fused-ring (bicyclic) bond motifs is 1. The van der Waals surface area contributed by atoms with E-state index in [4.69, 9.17) is 4.74 Å². The van der Waals surface area contributed by atoms with Crippen LogP contribution in [0.25, 0.3) is 0 Å². The SMILES string of the molecule is COc1c(O)ccc(C)c1C12CCN(CC3CC3)C[C@]1(O)CCC(=O)C2. The van der Waals surface area contributed by atoms with Crippen molar-refractivity contribution >= 4 is 5.78 Å². The van der Waals surface area contributed by atoms with Crippen molar-refractivity contribution in [3.8, 4) is 11.5 Å². The molecule has 4 rings (SSSR count). The minimum atomic E-state index is -0.972. The van der Waals surface area contributed by atoms with E-state index in [0.717, 1.165) is 30.1 Å². The van der Waals surface area contributed by atoms with Crippen molar-refractivity contribution in [3.63, 3.8) is 0 Å². The summed E-state index contributed by atoms with van der Waals surface area (Å²) >= 11 is 0. The third-order valence-electron chi connectivity index (χ3n) is 6.79. The second-order valence-corrected chi connectivity index (χ2v) is 8.57. The number of nitrogens with zero attached hydrogens (tertiary/aromatic N) is 1. The highest BCUT2D eigenvalue weighted by Crippen LogP contribution is 2.55. The molecular weight excluding hydrogens is 330 g/mol. The highest BCUT2D eigenvalue weighted by molar-refractivity contribution is 5.82. The minimum absolute atomic E-state index is 0.0725. The fourth-order valence-electron chi connectivity index (χ4n) is 5.26. The molecule has 0 spiro atoms. The number of aromatic hydroxyl groups is 1. The van der Waals surface area contributed by atoms with E-state index < -0.39 is 11.0 Å². The van der Waals surface area contributed by atoms with Gasteiger partial charge < -0.3 is 19.8 Å². The number of ketones is 1. The molecule has 0 radical (unpaired) electrons. The number of β-amino-alcohol motifs (C(OH)–C–C–N with tert-alkyl or cyclic N) is 1. The summed E-state index contributed by atoms with van der Waals surface area (Å²) in [6, 6.07) is 3.48. The van der Waals surface area contributed by atoms with Crippen molar-refractivity contribution in [3.05, 3.63) is 23.3 Å². The normalized spacial score (nSPS) is 32.3. The summed E-state index contributed by atoms with van der Waals surface area (Å²) in [4.78, 5) is 14.8. The maximum Gasteiger partial charge on any atom is 0.164 e. The van der Waals surface area contributed by atoms with Crippen molar-refractivity contribution in [2.24, 2.45) is 5.92 Å². The Morgan fingerprint density at radius 2 is 2.08 bits per heavy atom. The molecule has 3 fully saturated rings. The fourth-order valence-corrected chi connectivity index (χ4v) is 5.26. The second-order valence-electron chi connectivity index (χ2n) is 8.57. The van der Waals surface area contributed by atoms with Gasteiger partial charge in [-0.15, -0.1) is 0 Å². The van der Waals surface area contributed by atoms with Crippen LogP contribution in [0.5, 0.6) is 11.5 Å². The highest BCUT2D eigenvalue weighted by atomic mass is 16.5. The summed E-state index contributed by atoms with van der Waals surface area (Å²) in [5.74, 6) is 1.44. The first kappa shape index (κ1) is 17.8. The molecule has 2 N–H and O–H groups in total. The van der Waals surface area contributed by atoms with Gasteiger partial charge in [0, 0.05) is 36.9 Å². The first-order valence-corrected chi connectivity index (χ1v) is 9.72. The van der Waals surface area contributed by atoms with Crippen LogP contribution in [0.4, 0.5) is 0 Å². The first-order valence-electron chi connectivity index (χ1n) is 9.72. The Morgan fingerprint density at radius 3 is 2.77 bits per heavy atom. The summed E-state index contributed by atoms with van der Waals surface area (Å²) in [6.45, 7) is 4.48. The summed E-state index contributed by atoms with van der Waals surface area (Å²) in [5.41, 5.74) is 0.126. The molecule has 1 aromatic carbocycles. The van der Waals surface area contributed by atoms with Gasteiger partial charge in [-0.25, -0.2) is 0 Å². The smallest absolute Gasteiger partial charge is 0.164 e. The van der Waals surface area contributed by atoms with Gasteiger partial charge in [-0.05, 0) is 56.7 Å². The molecule has 1 unspecified atom stereocenters. The van der Waals surface area contributed by atoms with Crippen molar-refractivity contribution in [1.29, 1.82) is 0 Å². The second kappa shape index (κ2) is 6.24. The molecule has 1 aliphatic heterocycles. The van der Waals surface area contributed by atoms with Crippen LogP contribution in [0.3, 0.4) is 0 Å². The molecule has 1 aromatic rings. The van der Waals surface area contributed by atoms with Crippen molar-refractivity contribution in [2.75, 3.05) is 26.7 Å². The van der Waals surface area contributed by atoms with Crippen LogP contribution in [-0.4, -0.2) is 53.2 Å². The fraction of sp³-hybridized carbons (Fsp3) is 0.667. The molecule has 142 valence electrons. The lowest BCUT2D eigenvalue weighted by Crippen LogP contribution is -2.65. The van der Waals surface area contributed by atoms with E-state index in [0.29, 0.717) is 38.0 Å². The van der Waals surface area contributed by atoms with Gasteiger partial charge in [0.15, 0.2) is 11.5 Å². The van der Waals surface area contributed by atoms with Crippen LogP contribution in [-0.2, 0) is 10.2 Å². The van der Waals surface area contributed by atoms with E-state index in [2.05, 4.69) is 4.90 Å². The maximum absolute atomic E-state index is 12.5. The average Bonchev–Trinajstić information content (AvgIpc) is 3.41. The van der Waals surface area contributed by atoms with Crippen LogP contribution in [0.1, 0.15) is 49.7 Å². The Balaban J connectivity index is 1.80. The summed E-state index contributed by atoms with van der Waals surface area (Å²) in [7, 11) is 1.54. The van der Waals surface area contributed by atoms with Gasteiger partial charge in [0.05, 0.1) is 12.7 Å². The molecule has 3 aliphatic rings. The van der Waals surface area contributed by atoms with E-state index in [9.17, 15) is 15.0 Å². The van der Waals surface area contributed by atoms with E-state index in [1.165, 1.54) is 12.8 Å². The number of phenols is 1. The Morgan fingerprint density at radius 1 is 1.31 bits per heavy atom. The number of carbonyl (C=O) groups excluding carboxylic acids is 1. The number of ether oxygens (including phenoxy) is 1. The van der Waals surface area contributed by atoms with Gasteiger partial charge in [-0.3, -0.25) is 4.79 Å². The number of benzene rings is 1. The first-order chi connectivity index (χ1) is 12.4. The van der Waals surface area contributed by atoms with Crippen LogP contribution in [0.2, 0.25) is 0 Å². The lowest BCUT2D eigenvalue weighted by atomic mass is 9.55. The lowest BCUT2D eigenvalue weighted by molar-refractivity contribution is -0.147. The standard InChI is InChI=1S/C21H29NO4/c1-14-3-6-17(24)19(26-2)18(14)20-9-10-22(12-15-4-5-15)13-21(20,25)8-7-16(23)11-20/h3,6,15,24-25H,4-5,7-13H2,1-2H3/t20?,21-/m1/s1. The number of rotatable bonds is 4. The quantitative estimate of drug-likeness (QED) is 0.865. The van der Waals surface area contributed by atoms with Gasteiger partial charge in [0.2, 0.25) is 0 Å². The van der Waals surface area contributed by atoms with E-state index in [1.807, 2.05) is 13.0 Å². The van der Waals surface area contributed by atoms with Crippen molar-refractivity contribution in [2.45, 2.75) is 56.5 Å². The van der Waals surface area contributed by atoms with Crippen LogP contribution >= 0.6 is 0 Å². The number of carbonyl (C=O) groups is 1. The number of Topliss-reactive ketones (excluding diaryl/α,β-unsaturated/α-hetero) is 1. The predicted molar refractivity (Wildman–Crippen MR) is 98.7 cm³/mol. The number of methoxy groups -OCH3 is 1. The third kappa shape index (κ3) is 2.72. The third-order valence-corrected chi connectivity index (χ3v) is 6.79. The molecule has 2 saturated carbocycles. The zero-order valence-corrected chi connectivity index (χ0v) is 15.8. The van der Waals surface area contributed by atoms with Gasteiger partial charge >= 0.3 is 0 Å². The van der Waals surface area contributed by atoms with Gasteiger partial charge in [-0.2, -0.15) is 0 Å². The number of phenolic OH excluding ortho intramolecular Hbond substituents is 1. The predicted octanol–water partition coefficient (Wildman–Crippen LogP) is 2.55. The van der Waals surface area contributed by atoms with E-state index in [1.54, 1.807) is 13.2 Å². The van der Waals surface area contributed by atoms with E-state index >= 15 is 0 Å². The highest BCUT2D eigenvalue weighted by Gasteiger charge is 2.59. The zero-order chi connectivity index (χ0) is 18.5.